The number of nitrogens with one attached hydrogen (secondary N) is 2. The van der Waals surface area contributed by atoms with Gasteiger partial charge in [0.25, 0.3) is 20.0 Å². The molecule has 2 aliphatic rings. The number of sulfonamides is 2. The number of rotatable bonds is 15. The highest BCUT2D eigenvalue weighted by Crippen LogP contribution is 2.52. The van der Waals surface area contributed by atoms with Gasteiger partial charge in [0, 0.05) is 45.6 Å². The van der Waals surface area contributed by atoms with Crippen molar-refractivity contribution in [1.29, 1.82) is 0 Å². The average molecular weight is 1020 g/mol. The molecule has 0 spiro atoms. The smallest absolute Gasteiger partial charge is 0.450 e. The van der Waals surface area contributed by atoms with Crippen molar-refractivity contribution in [3.8, 4) is 22.5 Å². The molecule has 0 aromatic heterocycles. The van der Waals surface area contributed by atoms with E-state index in [1.807, 2.05) is 64.1 Å². The van der Waals surface area contributed by atoms with Crippen molar-refractivity contribution in [1.82, 2.24) is 4.13 Å². The SMILES string of the molecule is Cc1cccc(C)c1/N=c1\ccc2c(-c3ccccc3S(=O)(=O)NS(=O)(=O)C(F)(F)C(F)(F)C(F)(F)S(=O)(=O)OC(=O)CCC(=O)OC(C)(C)C)c3ccc(Nc4c(C)cccc4C)cc3oc-2c1. The highest BCUT2D eigenvalue weighted by atomic mass is 32.3. The van der Waals surface area contributed by atoms with Crippen LogP contribution in [0.4, 0.5) is 43.4 Å². The van der Waals surface area contributed by atoms with Crippen molar-refractivity contribution < 1.29 is 74.5 Å². The van der Waals surface area contributed by atoms with Gasteiger partial charge in [-0.05, 0) is 101 Å². The van der Waals surface area contributed by atoms with E-state index in [4.69, 9.17) is 14.1 Å². The molecule has 0 fully saturated rings. The molecule has 6 rings (SSSR count). The van der Waals surface area contributed by atoms with E-state index >= 15 is 26.3 Å². The fourth-order valence-corrected chi connectivity index (χ4v) is 11.1. The van der Waals surface area contributed by atoms with Crippen LogP contribution in [-0.4, -0.2) is 59.2 Å². The molecule has 0 bridgehead atoms. The molecular formula is C46H43F6N3O11S3. The van der Waals surface area contributed by atoms with Gasteiger partial charge in [0.2, 0.25) is 0 Å². The standard InChI is InChI=1S/C46H43F6N3O11S3/c1-26-12-10-13-27(2)41(26)53-30-18-20-32-35(24-30)64-36-25-31(54-42-28(3)14-11-15-29(42)4)19-21-33(36)40(32)34-16-8-9-17-37(34)67(58,59)55-68(60,61)45(49,50)44(47,48)46(51,52)69(62,63)66-39(57)23-22-38(56)65-43(5,6)7/h8-21,24-25,53,55H,22-23H2,1-7H3/b54-31+. The molecule has 1 aliphatic heterocycles. The van der Waals surface area contributed by atoms with Crippen molar-refractivity contribution >= 4 is 70.1 Å². The summed E-state index contributed by atoms with van der Waals surface area (Å²) in [6, 6.07) is 24.5. The molecule has 368 valence electrons. The Labute approximate surface area is 392 Å². The molecule has 4 aromatic rings. The van der Waals surface area contributed by atoms with Gasteiger partial charge in [0.05, 0.1) is 28.8 Å². The number of carbonyl (C=O) groups is 2. The first-order valence-corrected chi connectivity index (χ1v) is 24.8. The van der Waals surface area contributed by atoms with E-state index in [-0.39, 0.29) is 27.9 Å². The van der Waals surface area contributed by atoms with Crippen LogP contribution in [0.25, 0.3) is 33.4 Å². The number of para-hydroxylation sites is 2. The van der Waals surface area contributed by atoms with Crippen molar-refractivity contribution in [2.45, 2.75) is 88.2 Å². The summed E-state index contributed by atoms with van der Waals surface area (Å²) in [7, 11) is -21.2. The fraction of sp³-hybridized carbons (Fsp3) is 0.283. The average Bonchev–Trinajstić information content (AvgIpc) is 3.23. The second kappa shape index (κ2) is 18.6. The molecular weight excluding hydrogens is 981 g/mol. The summed E-state index contributed by atoms with van der Waals surface area (Å²) in [4.78, 5) is 27.5. The Hall–Kier alpha value is -6.30. The minimum absolute atomic E-state index is 0.0231. The monoisotopic (exact) mass is 1020 g/mol. The zero-order valence-corrected chi connectivity index (χ0v) is 40.0. The number of esters is 1. The molecule has 2 N–H and O–H groups in total. The molecule has 1 aliphatic carbocycles. The molecule has 0 saturated heterocycles. The van der Waals surface area contributed by atoms with Crippen LogP contribution in [-0.2, 0) is 48.7 Å². The van der Waals surface area contributed by atoms with Gasteiger partial charge in [0.1, 0.15) is 16.9 Å². The normalized spacial score (nSPS) is 13.4. The second-order valence-corrected chi connectivity index (χ2v) is 22.0. The summed E-state index contributed by atoms with van der Waals surface area (Å²) in [5.41, 5.74) is 3.95. The second-order valence-electron chi connectivity index (χ2n) is 16.8. The quantitative estimate of drug-likeness (QED) is 0.0427. The van der Waals surface area contributed by atoms with Gasteiger partial charge in [0.15, 0.2) is 0 Å². The first kappa shape index (κ1) is 52.1. The Morgan fingerprint density at radius 2 is 1.25 bits per heavy atom. The number of fused-ring (bicyclic) bond motifs is 2. The van der Waals surface area contributed by atoms with Gasteiger partial charge in [-0.15, -0.1) is 0 Å². The van der Waals surface area contributed by atoms with Crippen LogP contribution in [0, 0.1) is 27.7 Å². The zero-order valence-electron chi connectivity index (χ0n) is 37.6. The first-order valence-electron chi connectivity index (χ1n) is 20.4. The molecule has 0 atom stereocenters. The fourth-order valence-electron chi connectivity index (χ4n) is 7.04. The van der Waals surface area contributed by atoms with Crippen LogP contribution in [0.2, 0.25) is 0 Å². The molecule has 0 radical (unpaired) electrons. The van der Waals surface area contributed by atoms with E-state index in [2.05, 4.69) is 9.50 Å². The van der Waals surface area contributed by atoms with Crippen molar-refractivity contribution in [3.63, 3.8) is 0 Å². The van der Waals surface area contributed by atoms with Crippen LogP contribution in [0.1, 0.15) is 55.9 Å². The first-order chi connectivity index (χ1) is 31.8. The number of benzene rings is 5. The Morgan fingerprint density at radius 3 is 1.86 bits per heavy atom. The minimum Gasteiger partial charge on any atom is -0.460 e. The Balaban J connectivity index is 1.43. The number of halogens is 6. The van der Waals surface area contributed by atoms with E-state index in [9.17, 15) is 34.8 Å². The number of alkyl halides is 6. The lowest BCUT2D eigenvalue weighted by Crippen LogP contribution is -2.63. The van der Waals surface area contributed by atoms with E-state index in [1.165, 1.54) is 45.0 Å². The number of nitrogens with zero attached hydrogens (tertiary/aromatic N) is 1. The maximum absolute atomic E-state index is 15.5. The summed E-state index contributed by atoms with van der Waals surface area (Å²) in [5.74, 6) is -11.0. The van der Waals surface area contributed by atoms with Gasteiger partial charge in [-0.1, -0.05) is 58.7 Å². The van der Waals surface area contributed by atoms with E-state index < -0.39 is 87.4 Å². The molecule has 14 nitrogen and oxygen atoms in total. The number of ether oxygens (including phenoxy) is 1. The number of anilines is 2. The van der Waals surface area contributed by atoms with Crippen LogP contribution < -0.4 is 14.8 Å². The van der Waals surface area contributed by atoms with E-state index in [1.54, 1.807) is 18.2 Å². The predicted octanol–water partition coefficient (Wildman–Crippen LogP) is 9.84. The summed E-state index contributed by atoms with van der Waals surface area (Å²) < 4.78 is 185. The van der Waals surface area contributed by atoms with Crippen molar-refractivity contribution in [2.75, 3.05) is 5.32 Å². The largest absolute Gasteiger partial charge is 0.460 e. The lowest BCUT2D eigenvalue weighted by Gasteiger charge is -2.30. The van der Waals surface area contributed by atoms with Crippen LogP contribution in [0.5, 0.6) is 0 Å². The van der Waals surface area contributed by atoms with Gasteiger partial charge < -0.3 is 18.7 Å². The van der Waals surface area contributed by atoms with E-state index in [0.29, 0.717) is 26.9 Å². The third-order valence-corrected chi connectivity index (χ3v) is 15.3. The molecule has 1 heterocycles. The highest BCUT2D eigenvalue weighted by molar-refractivity contribution is 8.05. The predicted molar refractivity (Wildman–Crippen MR) is 243 cm³/mol. The molecule has 23 heteroatoms. The van der Waals surface area contributed by atoms with Crippen LogP contribution in [0.3, 0.4) is 0 Å². The maximum Gasteiger partial charge on any atom is 0.450 e. The summed E-state index contributed by atoms with van der Waals surface area (Å²) in [6.45, 7) is 11.6. The number of aryl methyl sites for hydroxylation is 4. The van der Waals surface area contributed by atoms with Crippen molar-refractivity contribution in [2.24, 2.45) is 4.99 Å². The van der Waals surface area contributed by atoms with Crippen LogP contribution in [0.15, 0.2) is 111 Å². The van der Waals surface area contributed by atoms with Crippen molar-refractivity contribution in [3.05, 3.63) is 125 Å². The number of carbonyl (C=O) groups excluding carboxylic acids is 2. The van der Waals surface area contributed by atoms with Gasteiger partial charge in [-0.3, -0.25) is 9.59 Å². The summed E-state index contributed by atoms with van der Waals surface area (Å²) >= 11 is 0. The molecule has 4 aromatic carbocycles. The minimum atomic E-state index is -7.61. The van der Waals surface area contributed by atoms with Crippen LogP contribution >= 0.6 is 0 Å². The lowest BCUT2D eigenvalue weighted by atomic mass is 9.93. The summed E-state index contributed by atoms with van der Waals surface area (Å²) in [5, 5.41) is -10.7. The third kappa shape index (κ3) is 10.4. The maximum atomic E-state index is 15.5. The highest BCUT2D eigenvalue weighted by Gasteiger charge is 2.83. The molecule has 69 heavy (non-hydrogen) atoms. The summed E-state index contributed by atoms with van der Waals surface area (Å²) in [6.07, 6.45) is -2.43. The Kier molecular flexibility index (Phi) is 14.0. The number of hydrogen-bond acceptors (Lipinski definition) is 13. The molecule has 0 amide bonds. The van der Waals surface area contributed by atoms with Gasteiger partial charge in [-0.25, -0.2) is 21.8 Å². The van der Waals surface area contributed by atoms with E-state index in [0.717, 1.165) is 40.1 Å². The van der Waals surface area contributed by atoms with Gasteiger partial charge >= 0.3 is 38.5 Å². The zero-order chi connectivity index (χ0) is 51.3. The topological polar surface area (TPSA) is 205 Å². The Bertz CT molecular complexity index is 3370. The van der Waals surface area contributed by atoms with Gasteiger partial charge in [-0.2, -0.15) is 34.8 Å². The third-order valence-electron chi connectivity index (χ3n) is 10.3. The molecule has 0 unspecified atom stereocenters. The molecule has 0 saturated carbocycles. The Morgan fingerprint density at radius 1 is 0.667 bits per heavy atom. The number of hydrogen-bond donors (Lipinski definition) is 2. The lowest BCUT2D eigenvalue weighted by molar-refractivity contribution is -0.246.